The molecule has 0 radical (unpaired) electrons. The van der Waals surface area contributed by atoms with E-state index in [1.54, 1.807) is 20.2 Å². The van der Waals surface area contributed by atoms with Crippen molar-refractivity contribution in [2.45, 2.75) is 297 Å². The number of para-hydroxylation sites is 5. The van der Waals surface area contributed by atoms with E-state index in [4.69, 9.17) is 9.97 Å². The number of hydrogen-bond acceptors (Lipinski definition) is 10. The highest BCUT2D eigenvalue weighted by molar-refractivity contribution is 7.11. The van der Waals surface area contributed by atoms with Crippen LogP contribution in [-0.4, -0.2) is 19.1 Å². The van der Waals surface area contributed by atoms with Crippen LogP contribution in [-0.2, 0) is 52.6 Å². The number of aromatic nitrogens is 4. The van der Waals surface area contributed by atoms with Gasteiger partial charge in [0.2, 0.25) is 0 Å². The van der Waals surface area contributed by atoms with Crippen LogP contribution in [0.5, 0.6) is 0 Å². The fourth-order valence-electron chi connectivity index (χ4n) is 27.1. The van der Waals surface area contributed by atoms with Crippen molar-refractivity contribution in [1.29, 1.82) is 0 Å². The van der Waals surface area contributed by atoms with Gasteiger partial charge in [0.05, 0.1) is 93.3 Å². The molecule has 2 unspecified atom stereocenters. The Kier molecular flexibility index (Phi) is 18.7. The van der Waals surface area contributed by atoms with Crippen LogP contribution in [0, 0.1) is 69.1 Å². The maximum atomic E-state index is 4.75. The number of aryl methyl sites for hydroxylation is 7. The van der Waals surface area contributed by atoms with Gasteiger partial charge in [-0.1, -0.05) is 178 Å². The van der Waals surface area contributed by atoms with Crippen molar-refractivity contribution < 1.29 is 0 Å². The van der Waals surface area contributed by atoms with Crippen LogP contribution in [0.4, 0.5) is 28.4 Å². The van der Waals surface area contributed by atoms with E-state index < -0.39 is 0 Å². The van der Waals surface area contributed by atoms with Crippen LogP contribution in [0.15, 0.2) is 156 Å². The summed E-state index contributed by atoms with van der Waals surface area (Å²) >= 11 is 5.94. The Hall–Kier alpha value is -7.38. The topological polar surface area (TPSA) is 51.8 Å². The molecule has 0 N–H and O–H groups in total. The summed E-state index contributed by atoms with van der Waals surface area (Å²) in [7, 11) is 4.32. The normalized spacial score (nSPS) is 29.7. The van der Waals surface area contributed by atoms with Gasteiger partial charge in [-0.05, 0) is 284 Å². The van der Waals surface area contributed by atoms with E-state index in [0.717, 1.165) is 23.7 Å². The monoisotopic (exact) mass is 1580 g/mol. The minimum absolute atomic E-state index is 0.0402. The average Bonchev–Trinajstić information content (AvgIpc) is 1.42. The maximum Gasteiger partial charge on any atom is 0.0950 e. The molecule has 3 spiro atoms. The van der Waals surface area contributed by atoms with E-state index in [2.05, 4.69) is 341 Å². The van der Waals surface area contributed by atoms with E-state index >= 15 is 0 Å². The van der Waals surface area contributed by atoms with Crippen molar-refractivity contribution in [2.24, 2.45) is 48.6 Å². The van der Waals surface area contributed by atoms with E-state index in [9.17, 15) is 0 Å². The molecule has 6 saturated carbocycles. The Bertz CT molecular complexity index is 5160. The van der Waals surface area contributed by atoms with E-state index in [1.165, 1.54) is 191 Å². The van der Waals surface area contributed by atoms with Crippen LogP contribution in [0.3, 0.4) is 0 Å². The molecule has 6 aliphatic carbocycles. The molecule has 0 amide bonds. The van der Waals surface area contributed by atoms with Crippen LogP contribution in [0.25, 0.3) is 0 Å². The van der Waals surface area contributed by atoms with Crippen LogP contribution >= 0.6 is 34.0 Å². The lowest BCUT2D eigenvalue weighted by Crippen LogP contribution is -2.62. The number of benzene rings is 5. The number of anilines is 5. The number of rotatable bonds is 3. The predicted molar refractivity (Wildman–Crippen MR) is 482 cm³/mol. The second kappa shape index (κ2) is 27.3. The van der Waals surface area contributed by atoms with Crippen LogP contribution in [0.1, 0.15) is 317 Å². The third-order valence-electron chi connectivity index (χ3n) is 34.0. The van der Waals surface area contributed by atoms with Crippen LogP contribution in [0.2, 0.25) is 0 Å². The molecular formula is C102H129N9S3. The lowest BCUT2D eigenvalue weighted by atomic mass is 9.48. The molecule has 23 rings (SSSR count). The van der Waals surface area contributed by atoms with Gasteiger partial charge in [0, 0.05) is 68.0 Å². The molecule has 13 aliphatic rings. The molecule has 5 aromatic carbocycles. The number of hydrogen-bond donors (Lipinski definition) is 0. The number of nitrogens with zero attached hydrogens (tertiary/aromatic N) is 9. The van der Waals surface area contributed by atoms with Gasteiger partial charge in [0.15, 0.2) is 0 Å². The first-order valence-electron chi connectivity index (χ1n) is 43.9. The quantitative estimate of drug-likeness (QED) is 0.175. The van der Waals surface area contributed by atoms with Gasteiger partial charge >= 0.3 is 0 Å². The summed E-state index contributed by atoms with van der Waals surface area (Å²) in [4.78, 5) is 28.0. The van der Waals surface area contributed by atoms with E-state index in [1.807, 2.05) is 35.3 Å². The first-order chi connectivity index (χ1) is 54.3. The molecule has 10 aromatic rings. The average molecular weight is 1580 g/mol. The molecule has 600 valence electrons. The predicted octanol–water partition coefficient (Wildman–Crippen LogP) is 27.2. The summed E-state index contributed by atoms with van der Waals surface area (Å²) in [5, 5.41) is 6.92. The minimum atomic E-state index is 0.0402. The third kappa shape index (κ3) is 10.4. The molecule has 7 aliphatic heterocycles. The van der Waals surface area contributed by atoms with E-state index in [-0.39, 0.29) is 43.8 Å². The number of fused-ring (bicyclic) bond motifs is 15. The van der Waals surface area contributed by atoms with Crippen molar-refractivity contribution in [3.8, 4) is 0 Å². The largest absolute Gasteiger partial charge is 0.353 e. The molecule has 4 bridgehead atoms. The van der Waals surface area contributed by atoms with Crippen molar-refractivity contribution in [3.63, 3.8) is 0 Å². The smallest absolute Gasteiger partial charge is 0.0950 e. The number of imidazole rings is 2. The second-order valence-electron chi connectivity index (χ2n) is 39.9. The molecule has 12 heteroatoms. The standard InChI is InChI=1S/C23H27NS.2C21H27NS.C19H25N3.C18H23N3/c1-14-5-3-4-6-21(14)24-15(2)20-7-8-25-22(20)23(24)18-10-16-9-17(12-18)13-19(23)11-16;2*1-13-9-8-10-16-17(13)22-14(2)15-11-12-23-18(15)21(22,7)20(5,6)19(16,3)4;1-14-9-5-6-10-16(14)22-15(2)17-18(21(3)13-20-17)19(22)11-7-4-8-12-19;1-13-8-4-5-9-15(13)21-14(2)16-17(20(3)12-19-16)18(21)10-6-7-11-18/h3-8,15-19H,9-13H2,1-2H3;2*8-12,14H,1-7H3;5-6,9-10,13,15H,4,7-8,11-12H2,1-3H3;4-5,8-9,12,14H,6-7,10-11H2,1-3H3/t15-,16?,17?,18?,19?,23?;2*14-,21?;15-;14-/m00000/s1. The number of thiophene rings is 3. The molecule has 7 atom stereocenters. The fraction of sp³-hybridized carbons (Fsp3) is 0.529. The molecule has 0 saturated heterocycles. The Morgan fingerprint density at radius 3 is 1.07 bits per heavy atom. The SMILES string of the molecule is Cc1cccc2c1N1[C@@H](C)c3ccsc3C1(C)C(C)(C)C2(C)C.Cc1cccc2c1N1[C@@H](C)c3ccsc3C1(C)C(C)(C)C2(C)C.Cc1ccccc1N1[C@@H](C)c2ccsc2C12C1CC3CC(C1)CC2C3.Cc1ccccc1N1[C@@H](C)c2ncn(C)c2C12CCCC2.Cc1ccccc1N1[C@@H](C)c2ncn(C)c2C12CCCCC2. The van der Waals surface area contributed by atoms with Crippen LogP contribution < -0.4 is 24.5 Å². The molecule has 114 heavy (non-hydrogen) atoms. The highest BCUT2D eigenvalue weighted by Gasteiger charge is 2.68. The molecule has 12 heterocycles. The van der Waals surface area contributed by atoms with Gasteiger partial charge in [-0.2, -0.15) is 0 Å². The molecule has 6 fully saturated rings. The Labute approximate surface area is 696 Å². The zero-order valence-electron chi connectivity index (χ0n) is 72.9. The van der Waals surface area contributed by atoms with Gasteiger partial charge in [-0.15, -0.1) is 34.0 Å². The Morgan fingerprint density at radius 2 is 0.684 bits per heavy atom. The third-order valence-corrected chi connectivity index (χ3v) is 37.3. The summed E-state index contributed by atoms with van der Waals surface area (Å²) in [6.45, 7) is 47.7. The molecule has 5 aromatic heterocycles. The lowest BCUT2D eigenvalue weighted by Gasteiger charge is -2.63. The first-order valence-corrected chi connectivity index (χ1v) is 46.5. The highest BCUT2D eigenvalue weighted by Crippen LogP contribution is 2.73. The van der Waals surface area contributed by atoms with Gasteiger partial charge in [0.1, 0.15) is 0 Å². The summed E-state index contributed by atoms with van der Waals surface area (Å²) in [5.41, 5.74) is 28.5. The van der Waals surface area contributed by atoms with Gasteiger partial charge in [-0.25, -0.2) is 9.97 Å². The van der Waals surface area contributed by atoms with Crippen molar-refractivity contribution in [1.82, 2.24) is 19.1 Å². The Morgan fingerprint density at radius 1 is 0.351 bits per heavy atom. The summed E-state index contributed by atoms with van der Waals surface area (Å²) < 4.78 is 4.53. The van der Waals surface area contributed by atoms with Gasteiger partial charge in [0.25, 0.3) is 0 Å². The first kappa shape index (κ1) is 77.8. The minimum Gasteiger partial charge on any atom is -0.353 e. The summed E-state index contributed by atoms with van der Waals surface area (Å²) in [5.74, 6) is 3.77. The fourth-order valence-corrected chi connectivity index (χ4v) is 31.1. The van der Waals surface area contributed by atoms with E-state index in [0.29, 0.717) is 35.7 Å². The van der Waals surface area contributed by atoms with Crippen molar-refractivity contribution >= 4 is 62.4 Å². The van der Waals surface area contributed by atoms with Gasteiger partial charge in [-0.3, -0.25) is 0 Å². The maximum absolute atomic E-state index is 4.75. The summed E-state index contributed by atoms with van der Waals surface area (Å²) in [6, 6.07) is 49.7. The lowest BCUT2D eigenvalue weighted by molar-refractivity contribution is -0.0588. The molecule has 9 nitrogen and oxygen atoms in total. The second-order valence-corrected chi connectivity index (χ2v) is 42.7. The zero-order valence-corrected chi connectivity index (χ0v) is 75.3. The van der Waals surface area contributed by atoms with Crippen molar-refractivity contribution in [3.05, 3.63) is 249 Å². The Balaban J connectivity index is 0.0000000992. The zero-order chi connectivity index (χ0) is 80.3. The van der Waals surface area contributed by atoms with Crippen molar-refractivity contribution in [2.75, 3.05) is 24.5 Å². The summed E-state index contributed by atoms with van der Waals surface area (Å²) in [6.07, 6.45) is 23.1. The molecular weight excluding hydrogens is 1450 g/mol. The highest BCUT2D eigenvalue weighted by atomic mass is 32.1. The van der Waals surface area contributed by atoms with Gasteiger partial charge < -0.3 is 33.6 Å².